The first-order valence-corrected chi connectivity index (χ1v) is 9.13. The van der Waals surface area contributed by atoms with Crippen molar-refractivity contribution >= 4 is 29.0 Å². The predicted molar refractivity (Wildman–Crippen MR) is 110 cm³/mol. The average Bonchev–Trinajstić information content (AvgIpc) is 2.73. The van der Waals surface area contributed by atoms with Crippen LogP contribution in [0.2, 0.25) is 5.02 Å². The lowest BCUT2D eigenvalue weighted by molar-refractivity contribution is -0.122. The quantitative estimate of drug-likeness (QED) is 0.386. The van der Waals surface area contributed by atoms with E-state index in [-0.39, 0.29) is 17.0 Å². The topological polar surface area (TPSA) is 77.9 Å². The number of pyridine rings is 1. The molecule has 2 aromatic carbocycles. The lowest BCUT2D eigenvalue weighted by atomic mass is 10.1. The van der Waals surface area contributed by atoms with Crippen LogP contribution < -0.4 is 10.6 Å². The highest BCUT2D eigenvalue weighted by Gasteiger charge is 2.27. The fraction of sp³-hybridized carbons (Fsp3) is 0.0952. The molecule has 0 saturated carbocycles. The number of anilines is 1. The molecule has 9 heteroatoms. The van der Waals surface area contributed by atoms with Gasteiger partial charge in [-0.25, -0.2) is 0 Å². The second-order valence-electron chi connectivity index (χ2n) is 6.28. The summed E-state index contributed by atoms with van der Waals surface area (Å²) in [4.78, 5) is 16.8. The molecule has 1 aromatic heterocycles. The summed E-state index contributed by atoms with van der Waals surface area (Å²) in [7, 11) is 0. The fourth-order valence-electron chi connectivity index (χ4n) is 2.60. The van der Waals surface area contributed by atoms with E-state index in [1.165, 1.54) is 24.3 Å². The Hall–Kier alpha value is -3.39. The van der Waals surface area contributed by atoms with Crippen molar-refractivity contribution in [3.05, 3.63) is 83.0 Å². The summed E-state index contributed by atoms with van der Waals surface area (Å²) in [5, 5.41) is 12.9. The van der Waals surface area contributed by atoms with Gasteiger partial charge >= 0.3 is 6.18 Å². The highest BCUT2D eigenvalue weighted by molar-refractivity contribution is 6.33. The first-order valence-electron chi connectivity index (χ1n) is 8.75. The molecule has 0 saturated heterocycles. The zero-order chi connectivity index (χ0) is 21.7. The molecule has 1 amide bonds. The number of hydrogen-bond donors (Lipinski definition) is 3. The van der Waals surface area contributed by atoms with Crippen molar-refractivity contribution in [1.82, 2.24) is 10.3 Å². The molecule has 0 atom stereocenters. The largest absolute Gasteiger partial charge is 0.405 e. The number of aromatic nitrogens is 1. The van der Waals surface area contributed by atoms with E-state index in [4.69, 9.17) is 17.0 Å². The van der Waals surface area contributed by atoms with Crippen molar-refractivity contribution in [2.75, 3.05) is 11.9 Å². The van der Waals surface area contributed by atoms with Crippen molar-refractivity contribution in [3.63, 3.8) is 0 Å². The van der Waals surface area contributed by atoms with Crippen molar-refractivity contribution in [1.29, 1.82) is 5.41 Å². The SMILES string of the molecule is N=C(NCC(F)(F)F)c1ccc(C(=O)Nc2ccc(Cl)c(-c3ccccn3)c2)cc1. The Bertz CT molecular complexity index is 1050. The molecule has 1 heterocycles. The summed E-state index contributed by atoms with van der Waals surface area (Å²) in [6.07, 6.45) is -2.78. The Balaban J connectivity index is 1.70. The van der Waals surface area contributed by atoms with Crippen LogP contribution in [0.1, 0.15) is 15.9 Å². The number of alkyl halides is 3. The summed E-state index contributed by atoms with van der Waals surface area (Å²) in [5.41, 5.74) is 2.35. The van der Waals surface area contributed by atoms with Crippen LogP contribution in [-0.4, -0.2) is 29.4 Å². The second kappa shape index (κ2) is 8.96. The summed E-state index contributed by atoms with van der Waals surface area (Å²) in [6.45, 7) is -1.30. The number of nitrogens with one attached hydrogen (secondary N) is 3. The van der Waals surface area contributed by atoms with E-state index in [1.807, 2.05) is 11.4 Å². The highest BCUT2D eigenvalue weighted by atomic mass is 35.5. The number of benzene rings is 2. The van der Waals surface area contributed by atoms with Gasteiger partial charge in [0.2, 0.25) is 0 Å². The molecule has 154 valence electrons. The average molecular weight is 433 g/mol. The van der Waals surface area contributed by atoms with E-state index in [2.05, 4.69) is 10.3 Å². The summed E-state index contributed by atoms with van der Waals surface area (Å²) < 4.78 is 36.7. The van der Waals surface area contributed by atoms with Gasteiger partial charge in [-0.15, -0.1) is 0 Å². The maximum absolute atomic E-state index is 12.5. The van der Waals surface area contributed by atoms with Gasteiger partial charge in [0.15, 0.2) is 0 Å². The molecule has 0 aliphatic rings. The summed E-state index contributed by atoms with van der Waals surface area (Å²) in [5.74, 6) is -0.789. The molecule has 5 nitrogen and oxygen atoms in total. The van der Waals surface area contributed by atoms with Gasteiger partial charge in [0, 0.05) is 28.6 Å². The molecule has 0 bridgehead atoms. The van der Waals surface area contributed by atoms with Crippen molar-refractivity contribution < 1.29 is 18.0 Å². The highest BCUT2D eigenvalue weighted by Crippen LogP contribution is 2.29. The van der Waals surface area contributed by atoms with Gasteiger partial charge in [0.1, 0.15) is 12.4 Å². The Morgan fingerprint density at radius 2 is 1.73 bits per heavy atom. The monoisotopic (exact) mass is 432 g/mol. The molecule has 3 aromatic rings. The Morgan fingerprint density at radius 1 is 1.03 bits per heavy atom. The second-order valence-corrected chi connectivity index (χ2v) is 6.69. The normalized spacial score (nSPS) is 11.1. The van der Waals surface area contributed by atoms with Crippen molar-refractivity contribution in [3.8, 4) is 11.3 Å². The number of amidine groups is 1. The van der Waals surface area contributed by atoms with Crippen LogP contribution in [0.25, 0.3) is 11.3 Å². The van der Waals surface area contributed by atoms with Crippen LogP contribution in [-0.2, 0) is 0 Å². The standard InChI is InChI=1S/C21H16ClF3N4O/c22-17-9-8-15(11-16(17)18-3-1-2-10-27-18)29-20(30)14-6-4-13(5-7-14)19(26)28-12-21(23,24)25/h1-11H,12H2,(H2,26,28)(H,29,30). The molecule has 0 spiro atoms. The minimum Gasteiger partial charge on any atom is -0.361 e. The van der Waals surface area contributed by atoms with Crippen LogP contribution in [0.15, 0.2) is 66.9 Å². The lowest BCUT2D eigenvalue weighted by Gasteiger charge is -2.11. The number of halogens is 4. The smallest absolute Gasteiger partial charge is 0.361 e. The predicted octanol–water partition coefficient (Wildman–Crippen LogP) is 5.13. The molecule has 3 N–H and O–H groups in total. The molecule has 0 aliphatic heterocycles. The Morgan fingerprint density at radius 3 is 2.37 bits per heavy atom. The third-order valence-corrected chi connectivity index (χ3v) is 4.40. The van der Waals surface area contributed by atoms with Crippen LogP contribution >= 0.6 is 11.6 Å². The van der Waals surface area contributed by atoms with Crippen LogP contribution in [0, 0.1) is 5.41 Å². The van der Waals surface area contributed by atoms with E-state index < -0.39 is 18.6 Å². The van der Waals surface area contributed by atoms with Gasteiger partial charge in [-0.1, -0.05) is 29.8 Å². The zero-order valence-electron chi connectivity index (χ0n) is 15.4. The molecule has 0 radical (unpaired) electrons. The first-order chi connectivity index (χ1) is 14.2. The van der Waals surface area contributed by atoms with Gasteiger partial charge in [-0.05, 0) is 42.5 Å². The minimum absolute atomic E-state index is 0.236. The fourth-order valence-corrected chi connectivity index (χ4v) is 2.82. The van der Waals surface area contributed by atoms with Gasteiger partial charge in [0.05, 0.1) is 10.7 Å². The first kappa shape index (κ1) is 21.3. The Kier molecular flexibility index (Phi) is 6.37. The van der Waals surface area contributed by atoms with E-state index in [0.717, 1.165) is 0 Å². The maximum Gasteiger partial charge on any atom is 0.405 e. The Labute approximate surface area is 175 Å². The van der Waals surface area contributed by atoms with Gasteiger partial charge in [-0.2, -0.15) is 13.2 Å². The summed E-state index contributed by atoms with van der Waals surface area (Å²) in [6, 6.07) is 16.1. The number of carbonyl (C=O) groups is 1. The van der Waals surface area contributed by atoms with Crippen LogP contribution in [0.5, 0.6) is 0 Å². The molecule has 30 heavy (non-hydrogen) atoms. The van der Waals surface area contributed by atoms with Gasteiger partial charge in [0.25, 0.3) is 5.91 Å². The number of rotatable bonds is 5. The summed E-state index contributed by atoms with van der Waals surface area (Å²) >= 11 is 6.24. The number of nitrogens with zero attached hydrogens (tertiary/aromatic N) is 1. The third kappa shape index (κ3) is 5.57. The van der Waals surface area contributed by atoms with Crippen molar-refractivity contribution in [2.45, 2.75) is 6.18 Å². The molecule has 0 aliphatic carbocycles. The molecular formula is C21H16ClF3N4O. The van der Waals surface area contributed by atoms with E-state index in [9.17, 15) is 18.0 Å². The minimum atomic E-state index is -4.42. The third-order valence-electron chi connectivity index (χ3n) is 4.07. The van der Waals surface area contributed by atoms with Crippen molar-refractivity contribution in [2.24, 2.45) is 0 Å². The van der Waals surface area contributed by atoms with Gasteiger partial charge in [-0.3, -0.25) is 15.2 Å². The maximum atomic E-state index is 12.5. The van der Waals surface area contributed by atoms with Crippen LogP contribution in [0.4, 0.5) is 18.9 Å². The van der Waals surface area contributed by atoms with E-state index in [1.54, 1.807) is 36.5 Å². The zero-order valence-corrected chi connectivity index (χ0v) is 16.2. The molecule has 0 unspecified atom stereocenters. The number of amides is 1. The molecule has 0 fully saturated rings. The van der Waals surface area contributed by atoms with E-state index >= 15 is 0 Å². The number of carbonyl (C=O) groups excluding carboxylic acids is 1. The lowest BCUT2D eigenvalue weighted by Crippen LogP contribution is -2.33. The number of hydrogen-bond acceptors (Lipinski definition) is 3. The molecular weight excluding hydrogens is 417 g/mol. The van der Waals surface area contributed by atoms with E-state index in [0.29, 0.717) is 22.0 Å². The van der Waals surface area contributed by atoms with Crippen LogP contribution in [0.3, 0.4) is 0 Å². The van der Waals surface area contributed by atoms with Gasteiger partial charge < -0.3 is 10.6 Å². The molecule has 3 rings (SSSR count).